The summed E-state index contributed by atoms with van der Waals surface area (Å²) in [6.07, 6.45) is 4.60. The average Bonchev–Trinajstić information content (AvgIpc) is 2.87. The molecule has 0 spiro atoms. The zero-order valence-electron chi connectivity index (χ0n) is 8.32. The summed E-state index contributed by atoms with van der Waals surface area (Å²) in [7, 11) is 0. The summed E-state index contributed by atoms with van der Waals surface area (Å²) in [4.78, 5) is 15.8. The molecule has 0 bridgehead atoms. The number of hydrogen-bond donors (Lipinski definition) is 0. The molecule has 0 fully saturated rings. The lowest BCUT2D eigenvalue weighted by Gasteiger charge is -1.93. The first-order valence-electron chi connectivity index (χ1n) is 4.61. The smallest absolute Gasteiger partial charge is 0.259 e. The van der Waals surface area contributed by atoms with Gasteiger partial charge in [-0.15, -0.1) is 10.2 Å². The maximum Gasteiger partial charge on any atom is 0.350 e. The van der Waals surface area contributed by atoms with Crippen LogP contribution in [0.25, 0.3) is 5.65 Å². The SMILES string of the molecule is O=c1n(Cc2nnsc2Cl)nc2cnccn12. The molecule has 0 N–H and O–H groups in total. The highest BCUT2D eigenvalue weighted by Crippen LogP contribution is 2.17. The maximum absolute atomic E-state index is 11.9. The van der Waals surface area contributed by atoms with E-state index in [0.717, 1.165) is 11.5 Å². The Morgan fingerprint density at radius 3 is 3.06 bits per heavy atom. The molecule has 0 aromatic carbocycles. The Kier molecular flexibility index (Phi) is 2.37. The molecule has 0 aliphatic heterocycles. The van der Waals surface area contributed by atoms with E-state index < -0.39 is 0 Å². The standard InChI is InChI=1S/C8H5ClN6OS/c9-7-5(11-13-17-7)4-15-8(16)14-2-1-10-3-6(14)12-15/h1-3H,4H2. The third-order valence-corrected chi connectivity index (χ3v) is 3.18. The van der Waals surface area contributed by atoms with Crippen LogP contribution in [0, 0.1) is 0 Å². The molecule has 3 heterocycles. The van der Waals surface area contributed by atoms with Crippen LogP contribution in [0.4, 0.5) is 0 Å². The Morgan fingerprint density at radius 1 is 1.47 bits per heavy atom. The van der Waals surface area contributed by atoms with Crippen molar-refractivity contribution in [1.29, 1.82) is 0 Å². The predicted octanol–water partition coefficient (Wildman–Crippen LogP) is 0.444. The van der Waals surface area contributed by atoms with Gasteiger partial charge >= 0.3 is 5.69 Å². The van der Waals surface area contributed by atoms with E-state index in [2.05, 4.69) is 19.7 Å². The average molecular weight is 269 g/mol. The third-order valence-electron chi connectivity index (χ3n) is 2.20. The molecule has 17 heavy (non-hydrogen) atoms. The number of aromatic nitrogens is 6. The van der Waals surface area contributed by atoms with Crippen molar-refractivity contribution in [2.45, 2.75) is 6.54 Å². The molecule has 86 valence electrons. The van der Waals surface area contributed by atoms with Crippen molar-refractivity contribution in [3.63, 3.8) is 0 Å². The molecular weight excluding hydrogens is 264 g/mol. The van der Waals surface area contributed by atoms with Gasteiger partial charge in [-0.3, -0.25) is 4.98 Å². The van der Waals surface area contributed by atoms with Crippen LogP contribution < -0.4 is 5.69 Å². The molecule has 0 saturated carbocycles. The fourth-order valence-electron chi connectivity index (χ4n) is 1.42. The largest absolute Gasteiger partial charge is 0.350 e. The van der Waals surface area contributed by atoms with Gasteiger partial charge in [-0.2, -0.15) is 0 Å². The minimum absolute atomic E-state index is 0.204. The van der Waals surface area contributed by atoms with Crippen LogP contribution in [0.3, 0.4) is 0 Å². The molecule has 7 nitrogen and oxygen atoms in total. The summed E-state index contributed by atoms with van der Waals surface area (Å²) in [5.74, 6) is 0. The van der Waals surface area contributed by atoms with Gasteiger partial charge in [0, 0.05) is 23.9 Å². The van der Waals surface area contributed by atoms with Crippen molar-refractivity contribution < 1.29 is 0 Å². The molecule has 0 radical (unpaired) electrons. The van der Waals surface area contributed by atoms with Gasteiger partial charge in [0.05, 0.1) is 12.7 Å². The van der Waals surface area contributed by atoms with Gasteiger partial charge in [0.25, 0.3) is 0 Å². The summed E-state index contributed by atoms with van der Waals surface area (Å²) in [6, 6.07) is 0. The highest BCUT2D eigenvalue weighted by molar-refractivity contribution is 7.10. The topological polar surface area (TPSA) is 78.0 Å². The van der Waals surface area contributed by atoms with E-state index in [1.54, 1.807) is 6.20 Å². The van der Waals surface area contributed by atoms with Gasteiger partial charge in [-0.25, -0.2) is 13.9 Å². The zero-order valence-corrected chi connectivity index (χ0v) is 9.89. The minimum Gasteiger partial charge on any atom is -0.259 e. The van der Waals surface area contributed by atoms with Gasteiger partial charge in [-0.1, -0.05) is 16.1 Å². The quantitative estimate of drug-likeness (QED) is 0.674. The van der Waals surface area contributed by atoms with Crippen LogP contribution in [0.2, 0.25) is 4.34 Å². The van der Waals surface area contributed by atoms with Gasteiger partial charge in [0.2, 0.25) is 0 Å². The van der Waals surface area contributed by atoms with Crippen molar-refractivity contribution >= 4 is 28.8 Å². The van der Waals surface area contributed by atoms with E-state index in [4.69, 9.17) is 11.6 Å². The maximum atomic E-state index is 11.9. The fourth-order valence-corrected chi connectivity index (χ4v) is 2.03. The second-order valence-electron chi connectivity index (χ2n) is 3.24. The lowest BCUT2D eigenvalue weighted by atomic mass is 10.5. The molecule has 0 aliphatic carbocycles. The van der Waals surface area contributed by atoms with Gasteiger partial charge in [0.1, 0.15) is 10.0 Å². The van der Waals surface area contributed by atoms with Crippen molar-refractivity contribution in [3.05, 3.63) is 39.1 Å². The highest BCUT2D eigenvalue weighted by Gasteiger charge is 2.11. The first-order valence-corrected chi connectivity index (χ1v) is 5.77. The first kappa shape index (κ1) is 10.4. The lowest BCUT2D eigenvalue weighted by molar-refractivity contribution is 0.645. The van der Waals surface area contributed by atoms with E-state index >= 15 is 0 Å². The number of hydrogen-bond acceptors (Lipinski definition) is 6. The molecule has 0 saturated heterocycles. The van der Waals surface area contributed by atoms with Crippen LogP contribution in [-0.4, -0.2) is 28.8 Å². The second kappa shape index (κ2) is 3.90. The molecule has 0 atom stereocenters. The van der Waals surface area contributed by atoms with Crippen molar-refractivity contribution in [1.82, 2.24) is 28.8 Å². The molecule has 3 aromatic rings. The monoisotopic (exact) mass is 268 g/mol. The Balaban J connectivity index is 2.10. The van der Waals surface area contributed by atoms with Crippen molar-refractivity contribution in [3.8, 4) is 0 Å². The number of fused-ring (bicyclic) bond motifs is 1. The first-order chi connectivity index (χ1) is 8.25. The number of halogens is 1. The van der Waals surface area contributed by atoms with Gasteiger partial charge in [0.15, 0.2) is 5.65 Å². The van der Waals surface area contributed by atoms with Gasteiger partial charge in [-0.05, 0) is 0 Å². The normalized spacial score (nSPS) is 11.1. The predicted molar refractivity (Wildman–Crippen MR) is 61.3 cm³/mol. The molecule has 0 amide bonds. The Hall–Kier alpha value is -1.80. The Labute approximate surface area is 103 Å². The lowest BCUT2D eigenvalue weighted by Crippen LogP contribution is -2.21. The summed E-state index contributed by atoms with van der Waals surface area (Å²) < 4.78 is 6.84. The van der Waals surface area contributed by atoms with Crippen LogP contribution in [0.15, 0.2) is 23.4 Å². The summed E-state index contributed by atoms with van der Waals surface area (Å²) >= 11 is 6.95. The van der Waals surface area contributed by atoms with E-state index in [9.17, 15) is 4.79 Å². The molecule has 9 heteroatoms. The van der Waals surface area contributed by atoms with Crippen LogP contribution in [-0.2, 0) is 6.54 Å². The number of nitrogens with zero attached hydrogens (tertiary/aromatic N) is 6. The third kappa shape index (κ3) is 1.71. The van der Waals surface area contributed by atoms with Gasteiger partial charge < -0.3 is 0 Å². The highest BCUT2D eigenvalue weighted by atomic mass is 35.5. The zero-order chi connectivity index (χ0) is 11.8. The minimum atomic E-state index is -0.258. The molecule has 0 aliphatic rings. The fraction of sp³-hybridized carbons (Fsp3) is 0.125. The van der Waals surface area contributed by atoms with Crippen LogP contribution in [0.1, 0.15) is 5.69 Å². The summed E-state index contributed by atoms with van der Waals surface area (Å²) in [5, 5.41) is 7.95. The number of rotatable bonds is 2. The van der Waals surface area contributed by atoms with Crippen LogP contribution >= 0.6 is 23.1 Å². The van der Waals surface area contributed by atoms with Crippen molar-refractivity contribution in [2.75, 3.05) is 0 Å². The van der Waals surface area contributed by atoms with E-state index in [0.29, 0.717) is 15.7 Å². The molecular formula is C8H5ClN6OS. The van der Waals surface area contributed by atoms with E-state index in [1.807, 2.05) is 0 Å². The summed E-state index contributed by atoms with van der Waals surface area (Å²) in [5.41, 5.74) is 0.762. The molecule has 3 rings (SSSR count). The Bertz CT molecular complexity index is 731. The Morgan fingerprint density at radius 2 is 2.35 bits per heavy atom. The van der Waals surface area contributed by atoms with E-state index in [1.165, 1.54) is 21.5 Å². The molecule has 0 unspecified atom stereocenters. The second-order valence-corrected chi connectivity index (χ2v) is 4.59. The van der Waals surface area contributed by atoms with Crippen LogP contribution in [0.5, 0.6) is 0 Å². The summed E-state index contributed by atoms with van der Waals surface area (Å²) in [6.45, 7) is 0.204. The van der Waals surface area contributed by atoms with E-state index in [-0.39, 0.29) is 12.2 Å². The van der Waals surface area contributed by atoms with Crippen molar-refractivity contribution in [2.24, 2.45) is 0 Å². The molecule has 3 aromatic heterocycles.